The highest BCUT2D eigenvalue weighted by Gasteiger charge is 2.37. The molecule has 3 aromatic rings. The summed E-state index contributed by atoms with van der Waals surface area (Å²) in [5.74, 6) is 0.730. The number of nitrogens with zero attached hydrogens (tertiary/aromatic N) is 1. The van der Waals surface area contributed by atoms with E-state index in [4.69, 9.17) is 14.2 Å². The van der Waals surface area contributed by atoms with Gasteiger partial charge in [0.05, 0.1) is 13.0 Å². The topological polar surface area (TPSA) is 82.1 Å². The number of methoxy groups -OCH3 is 1. The highest BCUT2D eigenvalue weighted by Crippen LogP contribution is 2.33. The molecule has 0 saturated carbocycles. The van der Waals surface area contributed by atoms with Gasteiger partial charge < -0.3 is 19.1 Å². The van der Waals surface area contributed by atoms with Gasteiger partial charge in [-0.3, -0.25) is 14.4 Å². The number of carbonyl (C=O) groups excluding carboxylic acids is 3. The van der Waals surface area contributed by atoms with Crippen LogP contribution < -0.4 is 14.4 Å². The van der Waals surface area contributed by atoms with E-state index in [0.717, 1.165) is 16.9 Å². The number of ketones is 1. The first-order chi connectivity index (χ1) is 18.2. The Bertz CT molecular complexity index is 1310. The lowest BCUT2D eigenvalue weighted by Crippen LogP contribution is -2.30. The number of anilines is 1. The van der Waals surface area contributed by atoms with Crippen LogP contribution in [0.4, 0.5) is 5.69 Å². The molecule has 7 nitrogen and oxygen atoms in total. The second-order valence-electron chi connectivity index (χ2n) is 9.87. The van der Waals surface area contributed by atoms with Gasteiger partial charge in [0.2, 0.25) is 11.7 Å². The molecule has 0 bridgehead atoms. The number of Topliss-reactive ketones (excluding diaryl/α,β-unsaturated/α-hetero) is 1. The van der Waals surface area contributed by atoms with Crippen LogP contribution in [0.3, 0.4) is 0 Å². The summed E-state index contributed by atoms with van der Waals surface area (Å²) in [6, 6.07) is 20.0. The summed E-state index contributed by atoms with van der Waals surface area (Å²) in [5.41, 5.74) is 3.33. The van der Waals surface area contributed by atoms with Crippen molar-refractivity contribution in [2.24, 2.45) is 5.92 Å². The molecular formula is C31H33NO6. The number of hydrogen-bond acceptors (Lipinski definition) is 6. The fraction of sp³-hybridized carbons (Fsp3) is 0.323. The van der Waals surface area contributed by atoms with E-state index in [1.165, 1.54) is 6.92 Å². The molecule has 1 heterocycles. The van der Waals surface area contributed by atoms with E-state index in [0.29, 0.717) is 28.7 Å². The maximum absolute atomic E-state index is 12.8. The van der Waals surface area contributed by atoms with Crippen molar-refractivity contribution < 1.29 is 28.6 Å². The zero-order valence-corrected chi connectivity index (χ0v) is 22.4. The smallest absolute Gasteiger partial charge is 0.312 e. The fourth-order valence-electron chi connectivity index (χ4n) is 4.46. The number of hydrogen-bond donors (Lipinski definition) is 0. The number of carbonyl (C=O) groups is 3. The number of benzene rings is 3. The van der Waals surface area contributed by atoms with Crippen molar-refractivity contribution >= 4 is 23.3 Å². The van der Waals surface area contributed by atoms with Gasteiger partial charge in [-0.1, -0.05) is 26.0 Å². The molecule has 0 aromatic heterocycles. The van der Waals surface area contributed by atoms with Crippen LogP contribution in [0.5, 0.6) is 17.2 Å². The Kier molecular flexibility index (Phi) is 8.15. The number of rotatable bonds is 9. The summed E-state index contributed by atoms with van der Waals surface area (Å²) < 4.78 is 16.7. The number of ether oxygens (including phenoxy) is 3. The van der Waals surface area contributed by atoms with Gasteiger partial charge in [-0.25, -0.2) is 0 Å². The Labute approximate surface area is 223 Å². The first kappa shape index (κ1) is 26.9. The maximum Gasteiger partial charge on any atom is 0.312 e. The number of aryl methyl sites for hydroxylation is 1. The average molecular weight is 516 g/mol. The first-order valence-electron chi connectivity index (χ1n) is 12.7. The van der Waals surface area contributed by atoms with Gasteiger partial charge in [-0.15, -0.1) is 0 Å². The van der Waals surface area contributed by atoms with E-state index < -0.39 is 18.0 Å². The van der Waals surface area contributed by atoms with Gasteiger partial charge in [0.1, 0.15) is 17.2 Å². The summed E-state index contributed by atoms with van der Waals surface area (Å²) in [7, 11) is 1.55. The second kappa shape index (κ2) is 11.5. The highest BCUT2D eigenvalue weighted by atomic mass is 16.5. The molecule has 0 radical (unpaired) electrons. The average Bonchev–Trinajstić information content (AvgIpc) is 3.30. The molecule has 7 heteroatoms. The third kappa shape index (κ3) is 6.05. The van der Waals surface area contributed by atoms with Gasteiger partial charge in [0, 0.05) is 24.2 Å². The van der Waals surface area contributed by atoms with Gasteiger partial charge in [-0.2, -0.15) is 0 Å². The minimum absolute atomic E-state index is 0.0293. The molecule has 1 aliphatic heterocycles. The molecule has 198 valence electrons. The van der Waals surface area contributed by atoms with Gasteiger partial charge in [-0.05, 0) is 85.5 Å². The molecule has 0 N–H and O–H groups in total. The van der Waals surface area contributed by atoms with Crippen molar-refractivity contribution in [1.82, 2.24) is 0 Å². The Morgan fingerprint density at radius 3 is 2.21 bits per heavy atom. The van der Waals surface area contributed by atoms with Crippen LogP contribution in [0, 0.1) is 12.8 Å². The van der Waals surface area contributed by atoms with Crippen molar-refractivity contribution in [3.05, 3.63) is 83.4 Å². The van der Waals surface area contributed by atoms with Crippen LogP contribution >= 0.6 is 0 Å². The number of esters is 1. The van der Waals surface area contributed by atoms with E-state index in [1.54, 1.807) is 36.3 Å². The predicted octanol–water partition coefficient (Wildman–Crippen LogP) is 6.09. The van der Waals surface area contributed by atoms with Crippen LogP contribution in [0.25, 0.3) is 0 Å². The maximum atomic E-state index is 12.8. The third-order valence-electron chi connectivity index (χ3n) is 6.66. The quantitative estimate of drug-likeness (QED) is 0.253. The van der Waals surface area contributed by atoms with Gasteiger partial charge in [0.25, 0.3) is 0 Å². The van der Waals surface area contributed by atoms with Crippen LogP contribution in [-0.2, 0) is 14.3 Å². The van der Waals surface area contributed by atoms with E-state index in [2.05, 4.69) is 26.0 Å². The molecule has 0 unspecified atom stereocenters. The predicted molar refractivity (Wildman–Crippen MR) is 145 cm³/mol. The molecule has 1 amide bonds. The van der Waals surface area contributed by atoms with Crippen LogP contribution in [-0.4, -0.2) is 37.4 Å². The lowest BCUT2D eigenvalue weighted by molar-refractivity contribution is -0.151. The summed E-state index contributed by atoms with van der Waals surface area (Å²) in [6.07, 6.45) is -0.935. The summed E-state index contributed by atoms with van der Waals surface area (Å²) in [4.78, 5) is 39.8. The third-order valence-corrected chi connectivity index (χ3v) is 6.66. The highest BCUT2D eigenvalue weighted by molar-refractivity contribution is 6.02. The zero-order chi connectivity index (χ0) is 27.4. The van der Waals surface area contributed by atoms with Crippen LogP contribution in [0.1, 0.15) is 54.6 Å². The standard InChI is InChI=1S/C31H33NO6/c1-19(2)27-15-6-20(3)16-28(27)38-26-13-9-24(10-14-26)32-18-23(17-29(32)33)31(35)37-21(4)30(34)22-7-11-25(36-5)12-8-22/h6-16,19,21,23H,17-18H2,1-5H3/t21-,23-/m1/s1. The largest absolute Gasteiger partial charge is 0.497 e. The van der Waals surface area contributed by atoms with Crippen LogP contribution in [0.2, 0.25) is 0 Å². The Hall–Kier alpha value is -4.13. The summed E-state index contributed by atoms with van der Waals surface area (Å²) in [6.45, 7) is 8.00. The van der Waals surface area contributed by atoms with Crippen molar-refractivity contribution in [3.63, 3.8) is 0 Å². The lowest BCUT2D eigenvalue weighted by Gasteiger charge is -2.19. The normalized spacial score (nSPS) is 15.9. The monoisotopic (exact) mass is 515 g/mol. The summed E-state index contributed by atoms with van der Waals surface area (Å²) in [5, 5.41) is 0. The van der Waals surface area contributed by atoms with E-state index in [1.807, 2.05) is 37.3 Å². The molecule has 0 aliphatic carbocycles. The first-order valence-corrected chi connectivity index (χ1v) is 12.7. The Balaban J connectivity index is 1.38. The zero-order valence-electron chi connectivity index (χ0n) is 22.4. The van der Waals surface area contributed by atoms with E-state index >= 15 is 0 Å². The van der Waals surface area contributed by atoms with Gasteiger partial charge in [0.15, 0.2) is 6.10 Å². The minimum atomic E-state index is -0.964. The number of amides is 1. The molecule has 1 fully saturated rings. The Morgan fingerprint density at radius 1 is 0.921 bits per heavy atom. The molecular weight excluding hydrogens is 482 g/mol. The molecule has 1 saturated heterocycles. The minimum Gasteiger partial charge on any atom is -0.497 e. The molecule has 38 heavy (non-hydrogen) atoms. The molecule has 3 aromatic carbocycles. The SMILES string of the molecule is COc1ccc(C(=O)[C@@H](C)OC(=O)[C@@H]2CC(=O)N(c3ccc(Oc4cc(C)ccc4C(C)C)cc3)C2)cc1. The fourth-order valence-corrected chi connectivity index (χ4v) is 4.46. The van der Waals surface area contributed by atoms with Crippen molar-refractivity contribution in [2.45, 2.75) is 46.1 Å². The Morgan fingerprint density at radius 2 is 1.58 bits per heavy atom. The van der Waals surface area contributed by atoms with Gasteiger partial charge >= 0.3 is 5.97 Å². The summed E-state index contributed by atoms with van der Waals surface area (Å²) >= 11 is 0. The molecule has 2 atom stereocenters. The van der Waals surface area contributed by atoms with E-state index in [9.17, 15) is 14.4 Å². The molecule has 0 spiro atoms. The lowest BCUT2D eigenvalue weighted by atomic mass is 10.0. The molecule has 1 aliphatic rings. The van der Waals surface area contributed by atoms with Crippen molar-refractivity contribution in [1.29, 1.82) is 0 Å². The van der Waals surface area contributed by atoms with Crippen molar-refractivity contribution in [3.8, 4) is 17.2 Å². The second-order valence-corrected chi connectivity index (χ2v) is 9.87. The van der Waals surface area contributed by atoms with E-state index in [-0.39, 0.29) is 24.7 Å². The molecule has 4 rings (SSSR count). The van der Waals surface area contributed by atoms with Crippen LogP contribution in [0.15, 0.2) is 66.7 Å². The van der Waals surface area contributed by atoms with Crippen molar-refractivity contribution in [2.75, 3.05) is 18.6 Å².